The van der Waals surface area contributed by atoms with Crippen LogP contribution in [0.1, 0.15) is 27.2 Å². The molecule has 2 aromatic rings. The molecule has 1 aromatic carbocycles. The minimum Gasteiger partial charge on any atom is -0.294 e. The molecular formula is C15H14INO. The van der Waals surface area contributed by atoms with Gasteiger partial charge in [-0.25, -0.2) is 0 Å². The molecule has 0 aliphatic rings. The van der Waals surface area contributed by atoms with E-state index in [-0.39, 0.29) is 5.78 Å². The van der Waals surface area contributed by atoms with Crippen molar-refractivity contribution in [2.45, 2.75) is 20.3 Å². The number of benzene rings is 1. The lowest BCUT2D eigenvalue weighted by Gasteiger charge is -2.06. The van der Waals surface area contributed by atoms with E-state index in [2.05, 4.69) is 27.6 Å². The second-order valence-electron chi connectivity index (χ2n) is 4.36. The van der Waals surface area contributed by atoms with Crippen molar-refractivity contribution >= 4 is 28.4 Å². The number of aromatic nitrogens is 1. The van der Waals surface area contributed by atoms with Crippen LogP contribution in [0.25, 0.3) is 0 Å². The number of pyridine rings is 1. The first-order valence-corrected chi connectivity index (χ1v) is 6.85. The molecule has 0 N–H and O–H groups in total. The monoisotopic (exact) mass is 351 g/mol. The zero-order valence-electron chi connectivity index (χ0n) is 10.4. The molecule has 0 radical (unpaired) electrons. The Morgan fingerprint density at radius 3 is 2.67 bits per heavy atom. The maximum atomic E-state index is 12.2. The predicted octanol–water partition coefficient (Wildman–Crippen LogP) is 3.73. The number of rotatable bonds is 3. The maximum absolute atomic E-state index is 12.2. The highest BCUT2D eigenvalue weighted by Gasteiger charge is 2.12. The lowest BCUT2D eigenvalue weighted by Crippen LogP contribution is -2.07. The Hall–Kier alpha value is -1.23. The third-order valence-corrected chi connectivity index (χ3v) is 4.24. The van der Waals surface area contributed by atoms with E-state index in [4.69, 9.17) is 0 Å². The van der Waals surface area contributed by atoms with Gasteiger partial charge in [-0.2, -0.15) is 0 Å². The van der Waals surface area contributed by atoms with Gasteiger partial charge in [0, 0.05) is 21.0 Å². The molecule has 0 aliphatic heterocycles. The number of Topliss-reactive ketones (excluding diaryl/α,β-unsaturated/α-hetero) is 1. The van der Waals surface area contributed by atoms with E-state index in [1.807, 2.05) is 44.2 Å². The highest BCUT2D eigenvalue weighted by molar-refractivity contribution is 14.1. The number of halogens is 1. The average Bonchev–Trinajstić information content (AvgIpc) is 2.35. The third-order valence-electron chi connectivity index (χ3n) is 2.81. The summed E-state index contributed by atoms with van der Waals surface area (Å²) in [6, 6.07) is 9.72. The van der Waals surface area contributed by atoms with Gasteiger partial charge in [0.1, 0.15) is 0 Å². The highest BCUT2D eigenvalue weighted by Crippen LogP contribution is 2.18. The summed E-state index contributed by atoms with van der Waals surface area (Å²) in [6.45, 7) is 4.00. The van der Waals surface area contributed by atoms with E-state index < -0.39 is 0 Å². The second-order valence-corrected chi connectivity index (χ2v) is 5.44. The summed E-state index contributed by atoms with van der Waals surface area (Å²) < 4.78 is 1.03. The number of hydrogen-bond acceptors (Lipinski definition) is 2. The SMILES string of the molecule is Cc1ccc(CC(=O)c2cccc(C)c2I)nc1. The zero-order chi connectivity index (χ0) is 13.1. The van der Waals surface area contributed by atoms with Crippen molar-refractivity contribution in [2.75, 3.05) is 0 Å². The molecule has 0 aliphatic carbocycles. The summed E-state index contributed by atoms with van der Waals surface area (Å²) in [7, 11) is 0. The van der Waals surface area contributed by atoms with Gasteiger partial charge in [0.05, 0.1) is 6.42 Å². The molecule has 0 saturated carbocycles. The molecule has 0 saturated heterocycles. The first-order valence-electron chi connectivity index (χ1n) is 5.78. The van der Waals surface area contributed by atoms with Crippen molar-refractivity contribution in [3.8, 4) is 0 Å². The Bertz CT molecular complexity index is 576. The van der Waals surface area contributed by atoms with E-state index >= 15 is 0 Å². The molecule has 1 aromatic heterocycles. The van der Waals surface area contributed by atoms with E-state index in [0.29, 0.717) is 6.42 Å². The Kier molecular flexibility index (Phi) is 4.11. The molecular weight excluding hydrogens is 337 g/mol. The molecule has 3 heteroatoms. The van der Waals surface area contributed by atoms with Crippen LogP contribution in [0.3, 0.4) is 0 Å². The van der Waals surface area contributed by atoms with Gasteiger partial charge in [0.2, 0.25) is 0 Å². The van der Waals surface area contributed by atoms with Gasteiger partial charge in [-0.15, -0.1) is 0 Å². The van der Waals surface area contributed by atoms with Crippen LogP contribution in [-0.2, 0) is 6.42 Å². The minimum absolute atomic E-state index is 0.124. The molecule has 1 heterocycles. The van der Waals surface area contributed by atoms with E-state index in [1.54, 1.807) is 6.20 Å². The Morgan fingerprint density at radius 1 is 1.22 bits per heavy atom. The predicted molar refractivity (Wildman–Crippen MR) is 80.9 cm³/mol. The number of carbonyl (C=O) groups excluding carboxylic acids is 1. The number of hydrogen-bond donors (Lipinski definition) is 0. The molecule has 0 fully saturated rings. The quantitative estimate of drug-likeness (QED) is 0.623. The van der Waals surface area contributed by atoms with Crippen LogP contribution in [0, 0.1) is 17.4 Å². The molecule has 92 valence electrons. The van der Waals surface area contributed by atoms with Crippen molar-refractivity contribution in [2.24, 2.45) is 0 Å². The minimum atomic E-state index is 0.124. The van der Waals surface area contributed by atoms with Crippen molar-refractivity contribution in [1.29, 1.82) is 0 Å². The maximum Gasteiger partial charge on any atom is 0.169 e. The van der Waals surface area contributed by atoms with Gasteiger partial charge < -0.3 is 0 Å². The first-order chi connectivity index (χ1) is 8.58. The first kappa shape index (κ1) is 13.2. The highest BCUT2D eigenvalue weighted by atomic mass is 127. The Morgan fingerprint density at radius 2 is 2.00 bits per heavy atom. The van der Waals surface area contributed by atoms with Crippen LogP contribution >= 0.6 is 22.6 Å². The molecule has 0 atom stereocenters. The van der Waals surface area contributed by atoms with Crippen LogP contribution in [-0.4, -0.2) is 10.8 Å². The fraction of sp³-hybridized carbons (Fsp3) is 0.200. The van der Waals surface area contributed by atoms with Crippen molar-refractivity contribution in [1.82, 2.24) is 4.98 Å². The van der Waals surface area contributed by atoms with Crippen LogP contribution < -0.4 is 0 Å². The second kappa shape index (κ2) is 5.61. The lowest BCUT2D eigenvalue weighted by atomic mass is 10.0. The van der Waals surface area contributed by atoms with E-state index in [0.717, 1.165) is 26.0 Å². The van der Waals surface area contributed by atoms with Crippen LogP contribution in [0.4, 0.5) is 0 Å². The summed E-state index contributed by atoms with van der Waals surface area (Å²) in [6.07, 6.45) is 2.16. The Balaban J connectivity index is 2.22. The molecule has 0 unspecified atom stereocenters. The fourth-order valence-electron chi connectivity index (χ4n) is 1.73. The molecule has 0 amide bonds. The van der Waals surface area contributed by atoms with Crippen molar-refractivity contribution < 1.29 is 4.79 Å². The number of nitrogens with zero attached hydrogens (tertiary/aromatic N) is 1. The normalized spacial score (nSPS) is 10.4. The van der Waals surface area contributed by atoms with Gasteiger partial charge in [-0.05, 0) is 53.6 Å². The molecule has 18 heavy (non-hydrogen) atoms. The third kappa shape index (κ3) is 2.96. The zero-order valence-corrected chi connectivity index (χ0v) is 12.6. The van der Waals surface area contributed by atoms with Crippen LogP contribution in [0.2, 0.25) is 0 Å². The summed E-state index contributed by atoms with van der Waals surface area (Å²) >= 11 is 2.23. The molecule has 2 rings (SSSR count). The smallest absolute Gasteiger partial charge is 0.169 e. The standard InChI is InChI=1S/C15H14INO/c1-10-6-7-12(17-9-10)8-14(18)13-5-3-4-11(2)15(13)16/h3-7,9H,8H2,1-2H3. The lowest BCUT2D eigenvalue weighted by molar-refractivity contribution is 0.0991. The molecule has 2 nitrogen and oxygen atoms in total. The van der Waals surface area contributed by atoms with Gasteiger partial charge in [-0.3, -0.25) is 9.78 Å². The number of aryl methyl sites for hydroxylation is 2. The number of ketones is 1. The average molecular weight is 351 g/mol. The Labute approximate surface area is 121 Å². The van der Waals surface area contributed by atoms with E-state index in [1.165, 1.54) is 0 Å². The van der Waals surface area contributed by atoms with E-state index in [9.17, 15) is 4.79 Å². The summed E-state index contributed by atoms with van der Waals surface area (Å²) in [5.74, 6) is 0.124. The van der Waals surface area contributed by atoms with Crippen molar-refractivity contribution in [3.63, 3.8) is 0 Å². The number of carbonyl (C=O) groups is 1. The summed E-state index contributed by atoms with van der Waals surface area (Å²) in [5, 5.41) is 0. The van der Waals surface area contributed by atoms with Crippen LogP contribution in [0.15, 0.2) is 36.5 Å². The topological polar surface area (TPSA) is 30.0 Å². The molecule has 0 spiro atoms. The van der Waals surface area contributed by atoms with Gasteiger partial charge in [-0.1, -0.05) is 24.3 Å². The summed E-state index contributed by atoms with van der Waals surface area (Å²) in [4.78, 5) is 16.5. The van der Waals surface area contributed by atoms with Gasteiger partial charge >= 0.3 is 0 Å². The van der Waals surface area contributed by atoms with Gasteiger partial charge in [0.15, 0.2) is 5.78 Å². The largest absolute Gasteiger partial charge is 0.294 e. The van der Waals surface area contributed by atoms with Crippen molar-refractivity contribution in [3.05, 3.63) is 62.5 Å². The van der Waals surface area contributed by atoms with Gasteiger partial charge in [0.25, 0.3) is 0 Å². The molecule has 0 bridgehead atoms. The van der Waals surface area contributed by atoms with Crippen LogP contribution in [0.5, 0.6) is 0 Å². The summed E-state index contributed by atoms with van der Waals surface area (Å²) in [5.41, 5.74) is 3.86. The fourth-order valence-corrected chi connectivity index (χ4v) is 2.39.